The van der Waals surface area contributed by atoms with Crippen molar-refractivity contribution in [1.82, 2.24) is 0 Å². The monoisotopic (exact) mass is 187 g/mol. The van der Waals surface area contributed by atoms with Crippen molar-refractivity contribution in [2.75, 3.05) is 19.8 Å². The van der Waals surface area contributed by atoms with Crippen molar-refractivity contribution in [1.29, 1.82) is 0 Å². The third-order valence-corrected chi connectivity index (χ3v) is 1.99. The van der Waals surface area contributed by atoms with E-state index < -0.39 is 0 Å². The molecule has 1 heterocycles. The van der Waals surface area contributed by atoms with Crippen molar-refractivity contribution in [2.45, 2.75) is 32.0 Å². The Bertz CT molecular complexity index is 155. The van der Waals surface area contributed by atoms with Gasteiger partial charge in [0, 0.05) is 13.0 Å². The third-order valence-electron chi connectivity index (χ3n) is 1.99. The first kappa shape index (κ1) is 10.6. The van der Waals surface area contributed by atoms with Crippen LogP contribution >= 0.6 is 0 Å². The number of carbonyl (C=O) groups excluding carboxylic acids is 1. The van der Waals surface area contributed by atoms with Crippen molar-refractivity contribution >= 4 is 5.78 Å². The van der Waals surface area contributed by atoms with Crippen LogP contribution in [0.15, 0.2) is 0 Å². The molecule has 0 aromatic heterocycles. The summed E-state index contributed by atoms with van der Waals surface area (Å²) < 4.78 is 10.6. The average molecular weight is 187 g/mol. The smallest absolute Gasteiger partial charge is 0.159 e. The first-order valence-corrected chi connectivity index (χ1v) is 4.78. The van der Waals surface area contributed by atoms with E-state index >= 15 is 0 Å². The summed E-state index contributed by atoms with van der Waals surface area (Å²) >= 11 is 0. The zero-order chi connectivity index (χ0) is 9.52. The van der Waals surface area contributed by atoms with Gasteiger partial charge in [-0.1, -0.05) is 0 Å². The van der Waals surface area contributed by atoms with E-state index in [0.29, 0.717) is 13.0 Å². The van der Waals surface area contributed by atoms with Gasteiger partial charge in [-0.25, -0.2) is 0 Å². The zero-order valence-electron chi connectivity index (χ0n) is 7.83. The number of nitrogens with two attached hydrogens (primary N) is 1. The van der Waals surface area contributed by atoms with E-state index in [1.54, 1.807) is 0 Å². The molecule has 0 aliphatic carbocycles. The Morgan fingerprint density at radius 3 is 3.00 bits per heavy atom. The van der Waals surface area contributed by atoms with Gasteiger partial charge < -0.3 is 15.2 Å². The van der Waals surface area contributed by atoms with E-state index in [1.807, 2.05) is 0 Å². The van der Waals surface area contributed by atoms with E-state index in [2.05, 4.69) is 0 Å². The highest BCUT2D eigenvalue weighted by Gasteiger charge is 2.14. The molecule has 0 spiro atoms. The summed E-state index contributed by atoms with van der Waals surface area (Å²) in [7, 11) is 0. The molecule has 1 aliphatic rings. The molecular formula is C9H17NO3. The quantitative estimate of drug-likeness (QED) is 0.678. The van der Waals surface area contributed by atoms with Crippen LogP contribution < -0.4 is 5.73 Å². The van der Waals surface area contributed by atoms with E-state index in [9.17, 15) is 4.79 Å². The molecule has 0 amide bonds. The molecule has 13 heavy (non-hydrogen) atoms. The van der Waals surface area contributed by atoms with Crippen LogP contribution in [0.1, 0.15) is 25.7 Å². The lowest BCUT2D eigenvalue weighted by Gasteiger charge is -2.22. The van der Waals surface area contributed by atoms with Crippen molar-refractivity contribution < 1.29 is 14.3 Å². The second-order valence-corrected chi connectivity index (χ2v) is 3.18. The summed E-state index contributed by atoms with van der Waals surface area (Å²) in [6, 6.07) is 0. The number of ketones is 1. The maximum atomic E-state index is 11.0. The van der Waals surface area contributed by atoms with Crippen LogP contribution in [0.2, 0.25) is 0 Å². The van der Waals surface area contributed by atoms with Crippen LogP contribution in [0.25, 0.3) is 0 Å². The highest BCUT2D eigenvalue weighted by molar-refractivity contribution is 5.79. The lowest BCUT2D eigenvalue weighted by molar-refractivity contribution is -0.169. The van der Waals surface area contributed by atoms with Gasteiger partial charge in [0.05, 0.1) is 0 Å². The molecular weight excluding hydrogens is 170 g/mol. The molecule has 4 heteroatoms. The number of rotatable bonds is 5. The molecule has 0 bridgehead atoms. The largest absolute Gasteiger partial charge is 0.353 e. The summed E-state index contributed by atoms with van der Waals surface area (Å²) in [5, 5.41) is 0. The second kappa shape index (κ2) is 6.07. The van der Waals surface area contributed by atoms with Gasteiger partial charge in [-0.2, -0.15) is 0 Å². The van der Waals surface area contributed by atoms with Crippen LogP contribution in [-0.2, 0) is 14.3 Å². The second-order valence-electron chi connectivity index (χ2n) is 3.18. The normalized spacial score (nSPS) is 23.0. The van der Waals surface area contributed by atoms with Crippen LogP contribution in [-0.4, -0.2) is 31.8 Å². The molecule has 1 saturated heterocycles. The Labute approximate surface area is 78.4 Å². The average Bonchev–Trinajstić information content (AvgIpc) is 2.17. The van der Waals surface area contributed by atoms with Crippen molar-refractivity contribution in [3.05, 3.63) is 0 Å². The predicted octanol–water partition coefficient (Wildman–Crippen LogP) is 0.447. The fourth-order valence-corrected chi connectivity index (χ4v) is 1.26. The van der Waals surface area contributed by atoms with E-state index in [4.69, 9.17) is 15.2 Å². The SMILES string of the molecule is NCCC(=O)COC1CCCCO1. The molecule has 0 aromatic carbocycles. The molecule has 76 valence electrons. The van der Waals surface area contributed by atoms with Gasteiger partial charge in [-0.05, 0) is 25.8 Å². The molecule has 1 aliphatic heterocycles. The van der Waals surface area contributed by atoms with Crippen molar-refractivity contribution in [2.24, 2.45) is 5.73 Å². The first-order chi connectivity index (χ1) is 6.33. The Morgan fingerprint density at radius 1 is 1.54 bits per heavy atom. The lowest BCUT2D eigenvalue weighted by Crippen LogP contribution is -2.25. The van der Waals surface area contributed by atoms with Crippen LogP contribution in [0, 0.1) is 0 Å². The first-order valence-electron chi connectivity index (χ1n) is 4.78. The van der Waals surface area contributed by atoms with Crippen LogP contribution in [0.5, 0.6) is 0 Å². The fourth-order valence-electron chi connectivity index (χ4n) is 1.26. The van der Waals surface area contributed by atoms with E-state index in [0.717, 1.165) is 25.9 Å². The number of hydrogen-bond donors (Lipinski definition) is 1. The van der Waals surface area contributed by atoms with Gasteiger partial charge in [-0.3, -0.25) is 4.79 Å². The van der Waals surface area contributed by atoms with Gasteiger partial charge in [0.2, 0.25) is 0 Å². The van der Waals surface area contributed by atoms with Gasteiger partial charge in [0.1, 0.15) is 6.61 Å². The third kappa shape index (κ3) is 4.36. The number of carbonyl (C=O) groups is 1. The predicted molar refractivity (Wildman–Crippen MR) is 48.2 cm³/mol. The summed E-state index contributed by atoms with van der Waals surface area (Å²) in [4.78, 5) is 11.0. The number of Topliss-reactive ketones (excluding diaryl/α,β-unsaturated/α-hetero) is 1. The molecule has 1 atom stereocenters. The topological polar surface area (TPSA) is 61.6 Å². The summed E-state index contributed by atoms with van der Waals surface area (Å²) in [6.07, 6.45) is 3.34. The summed E-state index contributed by atoms with van der Waals surface area (Å²) in [5.41, 5.74) is 5.23. The van der Waals surface area contributed by atoms with Crippen molar-refractivity contribution in [3.63, 3.8) is 0 Å². The molecule has 0 aromatic rings. The molecule has 0 saturated carbocycles. The van der Waals surface area contributed by atoms with Crippen LogP contribution in [0.4, 0.5) is 0 Å². The van der Waals surface area contributed by atoms with Gasteiger partial charge in [-0.15, -0.1) is 0 Å². The minimum Gasteiger partial charge on any atom is -0.353 e. The summed E-state index contributed by atoms with van der Waals surface area (Å²) in [5.74, 6) is 0.0525. The molecule has 4 nitrogen and oxygen atoms in total. The van der Waals surface area contributed by atoms with E-state index in [-0.39, 0.29) is 18.7 Å². The Kier molecular flexibility index (Phi) is 4.97. The fraction of sp³-hybridized carbons (Fsp3) is 0.889. The minimum atomic E-state index is -0.171. The highest BCUT2D eigenvalue weighted by atomic mass is 16.7. The van der Waals surface area contributed by atoms with Gasteiger partial charge in [0.15, 0.2) is 12.1 Å². The maximum Gasteiger partial charge on any atom is 0.159 e. The minimum absolute atomic E-state index is 0.0525. The van der Waals surface area contributed by atoms with Gasteiger partial charge in [0.25, 0.3) is 0 Å². The molecule has 0 radical (unpaired) electrons. The Morgan fingerprint density at radius 2 is 2.38 bits per heavy atom. The molecule has 1 unspecified atom stereocenters. The number of hydrogen-bond acceptors (Lipinski definition) is 4. The van der Waals surface area contributed by atoms with E-state index in [1.165, 1.54) is 0 Å². The molecule has 2 N–H and O–H groups in total. The molecule has 1 fully saturated rings. The van der Waals surface area contributed by atoms with Crippen LogP contribution in [0.3, 0.4) is 0 Å². The Balaban J connectivity index is 2.06. The standard InChI is InChI=1S/C9H17NO3/c10-5-4-8(11)7-13-9-3-1-2-6-12-9/h9H,1-7,10H2. The maximum absolute atomic E-state index is 11.0. The summed E-state index contributed by atoms with van der Waals surface area (Å²) in [6.45, 7) is 1.28. The number of ether oxygens (including phenoxy) is 2. The Hall–Kier alpha value is -0.450. The lowest BCUT2D eigenvalue weighted by atomic mass is 10.2. The van der Waals surface area contributed by atoms with Crippen molar-refractivity contribution in [3.8, 4) is 0 Å². The molecule has 1 rings (SSSR count). The van der Waals surface area contributed by atoms with Gasteiger partial charge >= 0.3 is 0 Å². The highest BCUT2D eigenvalue weighted by Crippen LogP contribution is 2.13. The zero-order valence-corrected chi connectivity index (χ0v) is 7.83.